The van der Waals surface area contributed by atoms with E-state index in [-0.39, 0.29) is 19.0 Å². The Kier molecular flexibility index (Phi) is 6.49. The van der Waals surface area contributed by atoms with Gasteiger partial charge in [0.05, 0.1) is 6.42 Å². The molecule has 0 radical (unpaired) electrons. The average Bonchev–Trinajstić information content (AvgIpc) is 2.84. The van der Waals surface area contributed by atoms with Crippen LogP contribution < -0.4 is 5.32 Å². The molecule has 1 aliphatic heterocycles. The lowest BCUT2D eigenvalue weighted by molar-refractivity contribution is -0.137. The van der Waals surface area contributed by atoms with Crippen LogP contribution in [0.2, 0.25) is 0 Å². The van der Waals surface area contributed by atoms with Crippen LogP contribution in [0.4, 0.5) is 4.79 Å². The highest BCUT2D eigenvalue weighted by Gasteiger charge is 2.12. The molecule has 6 heteroatoms. The summed E-state index contributed by atoms with van der Waals surface area (Å²) in [6, 6.07) is -0.197. The number of carboxylic acids is 1. The van der Waals surface area contributed by atoms with Crippen molar-refractivity contribution in [3.63, 3.8) is 0 Å². The molecule has 18 heavy (non-hydrogen) atoms. The Labute approximate surface area is 108 Å². The van der Waals surface area contributed by atoms with Crippen LogP contribution in [0.25, 0.3) is 0 Å². The average molecular weight is 257 g/mol. The number of hydrogen-bond donors (Lipinski definition) is 2. The van der Waals surface area contributed by atoms with Crippen LogP contribution in [0.3, 0.4) is 0 Å². The van der Waals surface area contributed by atoms with E-state index in [9.17, 15) is 9.59 Å². The van der Waals surface area contributed by atoms with E-state index in [0.29, 0.717) is 6.54 Å². The number of likely N-dealkylation sites (tertiary alicyclic amines) is 1. The molecular formula is C12H23N3O3. The number of carbonyl (C=O) groups excluding carboxylic acids is 1. The summed E-state index contributed by atoms with van der Waals surface area (Å²) in [5.41, 5.74) is 0. The number of rotatable bonds is 7. The lowest BCUT2D eigenvalue weighted by Crippen LogP contribution is -2.39. The Morgan fingerprint density at radius 2 is 2.00 bits per heavy atom. The third-order valence-electron chi connectivity index (χ3n) is 3.13. The van der Waals surface area contributed by atoms with Crippen LogP contribution in [-0.4, -0.2) is 66.7 Å². The predicted molar refractivity (Wildman–Crippen MR) is 68.6 cm³/mol. The minimum absolute atomic E-state index is 0.0162. The van der Waals surface area contributed by atoms with Crippen molar-refractivity contribution in [1.29, 1.82) is 0 Å². The number of urea groups is 1. The highest BCUT2D eigenvalue weighted by Crippen LogP contribution is 2.06. The van der Waals surface area contributed by atoms with Crippen molar-refractivity contribution in [3.05, 3.63) is 0 Å². The fourth-order valence-electron chi connectivity index (χ4n) is 2.00. The summed E-state index contributed by atoms with van der Waals surface area (Å²) in [5.74, 6) is -0.885. The Hall–Kier alpha value is -1.30. The maximum Gasteiger partial charge on any atom is 0.317 e. The minimum Gasteiger partial charge on any atom is -0.481 e. The van der Waals surface area contributed by atoms with Crippen molar-refractivity contribution in [2.24, 2.45) is 0 Å². The first kappa shape index (κ1) is 14.8. The summed E-state index contributed by atoms with van der Waals surface area (Å²) in [5, 5.41) is 11.3. The molecule has 2 amide bonds. The molecule has 104 valence electrons. The molecule has 0 atom stereocenters. The number of nitrogens with zero attached hydrogens (tertiary/aromatic N) is 2. The summed E-state index contributed by atoms with van der Waals surface area (Å²) in [4.78, 5) is 25.7. The second-order valence-electron chi connectivity index (χ2n) is 4.70. The Bertz CT molecular complexity index is 278. The van der Waals surface area contributed by atoms with E-state index >= 15 is 0 Å². The van der Waals surface area contributed by atoms with E-state index in [4.69, 9.17) is 5.11 Å². The Balaban J connectivity index is 2.02. The topological polar surface area (TPSA) is 72.9 Å². The van der Waals surface area contributed by atoms with E-state index < -0.39 is 5.97 Å². The first-order valence-corrected chi connectivity index (χ1v) is 6.52. The second kappa shape index (κ2) is 7.92. The van der Waals surface area contributed by atoms with Gasteiger partial charge in [-0.15, -0.1) is 0 Å². The molecule has 0 unspecified atom stereocenters. The molecule has 6 nitrogen and oxygen atoms in total. The molecular weight excluding hydrogens is 234 g/mol. The normalized spacial score (nSPS) is 15.6. The molecule has 0 aromatic heterocycles. The summed E-state index contributed by atoms with van der Waals surface area (Å²) in [6.45, 7) is 4.26. The highest BCUT2D eigenvalue weighted by atomic mass is 16.4. The molecule has 1 heterocycles. The van der Waals surface area contributed by atoms with Gasteiger partial charge >= 0.3 is 12.0 Å². The van der Waals surface area contributed by atoms with E-state index in [1.54, 1.807) is 7.05 Å². The third kappa shape index (κ3) is 5.86. The molecule has 0 aromatic carbocycles. The molecule has 1 saturated heterocycles. The van der Waals surface area contributed by atoms with Crippen molar-refractivity contribution in [2.45, 2.75) is 25.7 Å². The first-order chi connectivity index (χ1) is 8.59. The van der Waals surface area contributed by atoms with Crippen molar-refractivity contribution >= 4 is 12.0 Å². The van der Waals surface area contributed by atoms with Crippen LogP contribution in [0.1, 0.15) is 25.7 Å². The van der Waals surface area contributed by atoms with Gasteiger partial charge in [0, 0.05) is 20.1 Å². The van der Waals surface area contributed by atoms with Crippen LogP contribution in [0.15, 0.2) is 0 Å². The van der Waals surface area contributed by atoms with E-state index in [0.717, 1.165) is 13.0 Å². The van der Waals surface area contributed by atoms with Crippen molar-refractivity contribution in [2.75, 3.05) is 39.8 Å². The molecule has 0 spiro atoms. The van der Waals surface area contributed by atoms with Gasteiger partial charge in [-0.1, -0.05) is 0 Å². The lowest BCUT2D eigenvalue weighted by Gasteiger charge is -2.18. The largest absolute Gasteiger partial charge is 0.481 e. The first-order valence-electron chi connectivity index (χ1n) is 6.52. The van der Waals surface area contributed by atoms with Gasteiger partial charge in [-0.05, 0) is 38.9 Å². The van der Waals surface area contributed by atoms with Crippen LogP contribution in [0, 0.1) is 0 Å². The number of carbonyl (C=O) groups is 2. The monoisotopic (exact) mass is 257 g/mol. The zero-order valence-corrected chi connectivity index (χ0v) is 11.0. The maximum absolute atomic E-state index is 11.6. The Morgan fingerprint density at radius 3 is 2.61 bits per heavy atom. The van der Waals surface area contributed by atoms with Gasteiger partial charge in [0.1, 0.15) is 0 Å². The standard InChI is InChI=1S/C12H23N3O3/c1-14(10-5-11(16)17)12(18)13-6-4-9-15-7-2-3-8-15/h2-10H2,1H3,(H,13,18)(H,16,17). The molecule has 0 saturated carbocycles. The van der Waals surface area contributed by atoms with Gasteiger partial charge in [-0.2, -0.15) is 0 Å². The quantitative estimate of drug-likeness (QED) is 0.655. The van der Waals surface area contributed by atoms with E-state index in [1.807, 2.05) is 0 Å². The molecule has 0 bridgehead atoms. The minimum atomic E-state index is -0.885. The SMILES string of the molecule is CN(CCC(=O)O)C(=O)NCCCN1CCCC1. The van der Waals surface area contributed by atoms with Crippen molar-refractivity contribution < 1.29 is 14.7 Å². The smallest absolute Gasteiger partial charge is 0.317 e. The third-order valence-corrected chi connectivity index (χ3v) is 3.13. The summed E-state index contributed by atoms with van der Waals surface area (Å²) < 4.78 is 0. The summed E-state index contributed by atoms with van der Waals surface area (Å²) in [6.07, 6.45) is 3.49. The van der Waals surface area contributed by atoms with Crippen LogP contribution in [-0.2, 0) is 4.79 Å². The number of aliphatic carboxylic acids is 1. The van der Waals surface area contributed by atoms with Crippen molar-refractivity contribution in [1.82, 2.24) is 15.1 Å². The van der Waals surface area contributed by atoms with E-state index in [2.05, 4.69) is 10.2 Å². The fourth-order valence-corrected chi connectivity index (χ4v) is 2.00. The molecule has 1 fully saturated rings. The predicted octanol–water partition coefficient (Wildman–Crippen LogP) is 0.588. The van der Waals surface area contributed by atoms with Gasteiger partial charge in [0.2, 0.25) is 0 Å². The molecule has 0 aliphatic carbocycles. The fraction of sp³-hybridized carbons (Fsp3) is 0.833. The lowest BCUT2D eigenvalue weighted by atomic mass is 10.4. The van der Waals surface area contributed by atoms with Gasteiger partial charge in [-0.3, -0.25) is 4.79 Å². The van der Waals surface area contributed by atoms with Gasteiger partial charge in [0.15, 0.2) is 0 Å². The summed E-state index contributed by atoms with van der Waals surface area (Å²) >= 11 is 0. The van der Waals surface area contributed by atoms with Gasteiger partial charge in [-0.25, -0.2) is 4.79 Å². The highest BCUT2D eigenvalue weighted by molar-refractivity contribution is 5.74. The zero-order chi connectivity index (χ0) is 13.4. The molecule has 1 rings (SSSR count). The summed E-state index contributed by atoms with van der Waals surface area (Å²) in [7, 11) is 1.61. The van der Waals surface area contributed by atoms with Gasteiger partial charge in [0.25, 0.3) is 0 Å². The maximum atomic E-state index is 11.6. The van der Waals surface area contributed by atoms with Gasteiger partial charge < -0.3 is 20.2 Å². The molecule has 2 N–H and O–H groups in total. The van der Waals surface area contributed by atoms with Crippen LogP contribution in [0.5, 0.6) is 0 Å². The number of hydrogen-bond acceptors (Lipinski definition) is 3. The zero-order valence-electron chi connectivity index (χ0n) is 11.0. The van der Waals surface area contributed by atoms with Crippen LogP contribution >= 0.6 is 0 Å². The number of nitrogens with one attached hydrogen (secondary N) is 1. The molecule has 1 aliphatic rings. The molecule has 0 aromatic rings. The Morgan fingerprint density at radius 1 is 1.33 bits per heavy atom. The second-order valence-corrected chi connectivity index (χ2v) is 4.70. The number of carboxylic acid groups (broad SMARTS) is 1. The van der Waals surface area contributed by atoms with Crippen molar-refractivity contribution in [3.8, 4) is 0 Å². The van der Waals surface area contributed by atoms with E-state index in [1.165, 1.54) is 30.8 Å². The number of amides is 2.